The first-order chi connectivity index (χ1) is 4.84. The standard InChI is InChI=1S/C7H13NO2/c1-2-6(9)7-5-8-3-4-10-7/h2,6-9H,1,3-5H2. The van der Waals surface area contributed by atoms with Gasteiger partial charge < -0.3 is 15.2 Å². The molecular weight excluding hydrogens is 130 g/mol. The van der Waals surface area contributed by atoms with Gasteiger partial charge in [0, 0.05) is 13.1 Å². The van der Waals surface area contributed by atoms with E-state index in [1.807, 2.05) is 0 Å². The molecule has 1 rings (SSSR count). The van der Waals surface area contributed by atoms with Gasteiger partial charge in [0.1, 0.15) is 0 Å². The molecule has 0 aromatic carbocycles. The van der Waals surface area contributed by atoms with E-state index in [-0.39, 0.29) is 6.10 Å². The third-order valence-electron chi connectivity index (χ3n) is 1.58. The molecule has 0 saturated carbocycles. The Morgan fingerprint density at radius 1 is 1.80 bits per heavy atom. The van der Waals surface area contributed by atoms with Crippen LogP contribution in [-0.2, 0) is 4.74 Å². The molecule has 3 nitrogen and oxygen atoms in total. The highest BCUT2D eigenvalue weighted by Gasteiger charge is 2.18. The summed E-state index contributed by atoms with van der Waals surface area (Å²) in [6, 6.07) is 0. The maximum absolute atomic E-state index is 9.20. The van der Waals surface area contributed by atoms with Crippen LogP contribution in [0.3, 0.4) is 0 Å². The fourth-order valence-electron chi connectivity index (χ4n) is 0.957. The normalized spacial score (nSPS) is 29.5. The van der Waals surface area contributed by atoms with Gasteiger partial charge in [0.15, 0.2) is 0 Å². The molecule has 0 amide bonds. The molecule has 0 aromatic heterocycles. The van der Waals surface area contributed by atoms with Crippen LogP contribution in [0, 0.1) is 0 Å². The molecule has 58 valence electrons. The van der Waals surface area contributed by atoms with E-state index in [1.165, 1.54) is 6.08 Å². The second-order valence-electron chi connectivity index (χ2n) is 2.34. The zero-order valence-corrected chi connectivity index (χ0v) is 5.92. The van der Waals surface area contributed by atoms with Gasteiger partial charge in [0.05, 0.1) is 18.8 Å². The molecule has 1 heterocycles. The second-order valence-corrected chi connectivity index (χ2v) is 2.34. The third-order valence-corrected chi connectivity index (χ3v) is 1.58. The summed E-state index contributed by atoms with van der Waals surface area (Å²) in [7, 11) is 0. The number of rotatable bonds is 2. The van der Waals surface area contributed by atoms with Gasteiger partial charge in [-0.05, 0) is 0 Å². The van der Waals surface area contributed by atoms with Gasteiger partial charge >= 0.3 is 0 Å². The first kappa shape index (κ1) is 7.72. The van der Waals surface area contributed by atoms with Gasteiger partial charge in [-0.1, -0.05) is 6.08 Å². The molecule has 0 aliphatic carbocycles. The summed E-state index contributed by atoms with van der Waals surface area (Å²) in [6.07, 6.45) is 0.858. The van der Waals surface area contributed by atoms with Crippen molar-refractivity contribution in [1.82, 2.24) is 5.32 Å². The molecule has 0 spiro atoms. The van der Waals surface area contributed by atoms with E-state index >= 15 is 0 Å². The number of hydrogen-bond acceptors (Lipinski definition) is 3. The lowest BCUT2D eigenvalue weighted by Gasteiger charge is -2.25. The van der Waals surface area contributed by atoms with Crippen molar-refractivity contribution in [3.8, 4) is 0 Å². The maximum Gasteiger partial charge on any atom is 0.0994 e. The summed E-state index contributed by atoms with van der Waals surface area (Å²) in [6.45, 7) is 5.74. The summed E-state index contributed by atoms with van der Waals surface area (Å²) in [5.41, 5.74) is 0. The van der Waals surface area contributed by atoms with E-state index in [4.69, 9.17) is 4.74 Å². The number of morpholine rings is 1. The SMILES string of the molecule is C=CC(O)C1CNCCO1. The quantitative estimate of drug-likeness (QED) is 0.513. The number of hydrogen-bond donors (Lipinski definition) is 2. The molecule has 1 aliphatic rings. The minimum Gasteiger partial charge on any atom is -0.386 e. The van der Waals surface area contributed by atoms with Crippen molar-refractivity contribution in [3.63, 3.8) is 0 Å². The van der Waals surface area contributed by atoms with Gasteiger partial charge in [-0.25, -0.2) is 0 Å². The van der Waals surface area contributed by atoms with Crippen molar-refractivity contribution in [2.45, 2.75) is 12.2 Å². The highest BCUT2D eigenvalue weighted by atomic mass is 16.5. The van der Waals surface area contributed by atoms with E-state index in [0.29, 0.717) is 13.2 Å². The summed E-state index contributed by atoms with van der Waals surface area (Å²) < 4.78 is 5.25. The average molecular weight is 143 g/mol. The van der Waals surface area contributed by atoms with Crippen molar-refractivity contribution < 1.29 is 9.84 Å². The molecule has 0 aromatic rings. The first-order valence-electron chi connectivity index (χ1n) is 3.47. The number of ether oxygens (including phenoxy) is 1. The molecule has 1 aliphatic heterocycles. The molecule has 0 bridgehead atoms. The molecule has 1 fully saturated rings. The van der Waals surface area contributed by atoms with E-state index in [2.05, 4.69) is 11.9 Å². The second kappa shape index (κ2) is 3.71. The lowest BCUT2D eigenvalue weighted by Crippen LogP contribution is -2.44. The predicted octanol–water partition coefficient (Wildman–Crippen LogP) is -0.478. The van der Waals surface area contributed by atoms with Crippen LogP contribution < -0.4 is 5.32 Å². The van der Waals surface area contributed by atoms with E-state index < -0.39 is 6.10 Å². The molecule has 3 heteroatoms. The van der Waals surface area contributed by atoms with Crippen LogP contribution in [-0.4, -0.2) is 37.0 Å². The predicted molar refractivity (Wildman–Crippen MR) is 38.8 cm³/mol. The van der Waals surface area contributed by atoms with Gasteiger partial charge in [0.25, 0.3) is 0 Å². The maximum atomic E-state index is 9.20. The largest absolute Gasteiger partial charge is 0.386 e. The Balaban J connectivity index is 2.30. The fourth-order valence-corrected chi connectivity index (χ4v) is 0.957. The summed E-state index contributed by atoms with van der Waals surface area (Å²) >= 11 is 0. The molecular formula is C7H13NO2. The Labute approximate surface area is 60.7 Å². The minimum absolute atomic E-state index is 0.105. The van der Waals surface area contributed by atoms with Gasteiger partial charge in [-0.3, -0.25) is 0 Å². The van der Waals surface area contributed by atoms with Crippen LogP contribution in [0.4, 0.5) is 0 Å². The fraction of sp³-hybridized carbons (Fsp3) is 0.714. The van der Waals surface area contributed by atoms with Gasteiger partial charge in [-0.2, -0.15) is 0 Å². The Morgan fingerprint density at radius 2 is 2.60 bits per heavy atom. The minimum atomic E-state index is -0.534. The van der Waals surface area contributed by atoms with Crippen LogP contribution in [0.5, 0.6) is 0 Å². The molecule has 10 heavy (non-hydrogen) atoms. The summed E-state index contributed by atoms with van der Waals surface area (Å²) in [4.78, 5) is 0. The highest BCUT2D eigenvalue weighted by Crippen LogP contribution is 2.02. The summed E-state index contributed by atoms with van der Waals surface area (Å²) in [5, 5.41) is 12.3. The van der Waals surface area contributed by atoms with E-state index in [1.54, 1.807) is 0 Å². The zero-order valence-electron chi connectivity index (χ0n) is 5.92. The Hall–Kier alpha value is -0.380. The molecule has 2 atom stereocenters. The molecule has 2 unspecified atom stereocenters. The Bertz CT molecular complexity index is 110. The number of nitrogens with one attached hydrogen (secondary N) is 1. The van der Waals surface area contributed by atoms with Crippen LogP contribution in [0.1, 0.15) is 0 Å². The highest BCUT2D eigenvalue weighted by molar-refractivity contribution is 4.87. The monoisotopic (exact) mass is 143 g/mol. The Kier molecular flexibility index (Phi) is 2.86. The number of aliphatic hydroxyl groups excluding tert-OH is 1. The average Bonchev–Trinajstić information content (AvgIpc) is 2.05. The topological polar surface area (TPSA) is 41.5 Å². The number of aliphatic hydroxyl groups is 1. The van der Waals surface area contributed by atoms with Gasteiger partial charge in [0.2, 0.25) is 0 Å². The van der Waals surface area contributed by atoms with Crippen molar-refractivity contribution >= 4 is 0 Å². The van der Waals surface area contributed by atoms with E-state index in [0.717, 1.165) is 6.54 Å². The summed E-state index contributed by atoms with van der Waals surface area (Å²) in [5.74, 6) is 0. The lowest BCUT2D eigenvalue weighted by molar-refractivity contribution is -0.0337. The van der Waals surface area contributed by atoms with Crippen molar-refractivity contribution in [1.29, 1.82) is 0 Å². The van der Waals surface area contributed by atoms with Crippen molar-refractivity contribution in [2.75, 3.05) is 19.7 Å². The van der Waals surface area contributed by atoms with Crippen LogP contribution in [0.2, 0.25) is 0 Å². The van der Waals surface area contributed by atoms with Crippen LogP contribution in [0.15, 0.2) is 12.7 Å². The molecule has 2 N–H and O–H groups in total. The van der Waals surface area contributed by atoms with E-state index in [9.17, 15) is 5.11 Å². The smallest absolute Gasteiger partial charge is 0.0994 e. The zero-order chi connectivity index (χ0) is 7.40. The van der Waals surface area contributed by atoms with Crippen LogP contribution in [0.25, 0.3) is 0 Å². The van der Waals surface area contributed by atoms with Gasteiger partial charge in [-0.15, -0.1) is 6.58 Å². The van der Waals surface area contributed by atoms with Crippen LogP contribution >= 0.6 is 0 Å². The van der Waals surface area contributed by atoms with Crippen molar-refractivity contribution in [2.24, 2.45) is 0 Å². The Morgan fingerprint density at radius 3 is 3.10 bits per heavy atom. The molecule has 0 radical (unpaired) electrons. The first-order valence-corrected chi connectivity index (χ1v) is 3.47. The lowest BCUT2D eigenvalue weighted by atomic mass is 10.2. The molecule has 1 saturated heterocycles. The third kappa shape index (κ3) is 1.80. The van der Waals surface area contributed by atoms with Crippen molar-refractivity contribution in [3.05, 3.63) is 12.7 Å².